The van der Waals surface area contributed by atoms with E-state index in [9.17, 15) is 9.59 Å². The summed E-state index contributed by atoms with van der Waals surface area (Å²) in [5.41, 5.74) is 3.86. The average Bonchev–Trinajstić information content (AvgIpc) is 2.73. The van der Waals surface area contributed by atoms with Gasteiger partial charge in [0.2, 0.25) is 0 Å². The van der Waals surface area contributed by atoms with Gasteiger partial charge in [-0.3, -0.25) is 9.59 Å². The Kier molecular flexibility index (Phi) is 6.58. The first-order valence-electron chi connectivity index (χ1n) is 9.24. The molecule has 0 fully saturated rings. The first kappa shape index (κ1) is 19.4. The average molecular weight is 373 g/mol. The molecule has 0 aliphatic rings. The third-order valence-electron chi connectivity index (χ3n) is 4.47. The van der Waals surface area contributed by atoms with Crippen molar-refractivity contribution in [3.8, 4) is 0 Å². The Balaban J connectivity index is 1.59. The van der Waals surface area contributed by atoms with Gasteiger partial charge in [-0.25, -0.2) is 0 Å². The van der Waals surface area contributed by atoms with Gasteiger partial charge in [0.05, 0.1) is 6.42 Å². The van der Waals surface area contributed by atoms with Crippen LogP contribution in [0.1, 0.15) is 29.0 Å². The van der Waals surface area contributed by atoms with Crippen LogP contribution in [-0.2, 0) is 14.3 Å². The quantitative estimate of drug-likeness (QED) is 0.611. The number of hydrogen-bond acceptors (Lipinski definition) is 3. The van der Waals surface area contributed by atoms with E-state index < -0.39 is 5.97 Å². The number of ether oxygens (including phenoxy) is 1. The number of carbonyl (C=O) groups excluding carboxylic acids is 2. The number of amides is 1. The van der Waals surface area contributed by atoms with Crippen molar-refractivity contribution in [2.45, 2.75) is 19.3 Å². The number of carbonyl (C=O) groups is 2. The fourth-order valence-electron chi connectivity index (χ4n) is 3.00. The van der Waals surface area contributed by atoms with E-state index in [2.05, 4.69) is 5.32 Å². The molecule has 0 saturated carbocycles. The van der Waals surface area contributed by atoms with Gasteiger partial charge in [-0.2, -0.15) is 0 Å². The molecule has 0 aliphatic heterocycles. The molecular formula is C24H23NO3. The van der Waals surface area contributed by atoms with Crippen molar-refractivity contribution in [2.75, 3.05) is 11.9 Å². The normalized spacial score (nSPS) is 10.5. The minimum atomic E-state index is -0.406. The van der Waals surface area contributed by atoms with Crippen molar-refractivity contribution in [1.82, 2.24) is 0 Å². The molecule has 3 aromatic carbocycles. The Morgan fingerprint density at radius 1 is 0.821 bits per heavy atom. The fourth-order valence-corrected chi connectivity index (χ4v) is 3.00. The highest BCUT2D eigenvalue weighted by atomic mass is 16.5. The molecule has 28 heavy (non-hydrogen) atoms. The van der Waals surface area contributed by atoms with E-state index in [-0.39, 0.29) is 24.9 Å². The highest BCUT2D eigenvalue weighted by Crippen LogP contribution is 2.28. The van der Waals surface area contributed by atoms with Gasteiger partial charge in [-0.1, -0.05) is 78.4 Å². The van der Waals surface area contributed by atoms with Gasteiger partial charge in [-0.15, -0.1) is 0 Å². The predicted octanol–water partition coefficient (Wildman–Crippen LogP) is 4.70. The third-order valence-corrected chi connectivity index (χ3v) is 4.47. The van der Waals surface area contributed by atoms with Crippen LogP contribution >= 0.6 is 0 Å². The number of aryl methyl sites for hydroxylation is 1. The van der Waals surface area contributed by atoms with Crippen LogP contribution in [0.15, 0.2) is 84.9 Å². The van der Waals surface area contributed by atoms with Gasteiger partial charge in [0, 0.05) is 11.6 Å². The molecule has 0 unspecified atom stereocenters. The number of esters is 1. The van der Waals surface area contributed by atoms with Crippen molar-refractivity contribution in [1.29, 1.82) is 0 Å². The number of hydrogen-bond donors (Lipinski definition) is 1. The molecule has 0 radical (unpaired) electrons. The van der Waals surface area contributed by atoms with Gasteiger partial charge in [0.15, 0.2) is 6.61 Å². The summed E-state index contributed by atoms with van der Waals surface area (Å²) in [5.74, 6) is -0.875. The number of rotatable bonds is 7. The van der Waals surface area contributed by atoms with Crippen LogP contribution in [0.25, 0.3) is 0 Å². The Labute approximate surface area is 165 Å². The molecule has 0 spiro atoms. The lowest BCUT2D eigenvalue weighted by molar-refractivity contribution is -0.147. The summed E-state index contributed by atoms with van der Waals surface area (Å²) < 4.78 is 5.22. The van der Waals surface area contributed by atoms with E-state index in [1.807, 2.05) is 91.9 Å². The maximum atomic E-state index is 12.4. The van der Waals surface area contributed by atoms with E-state index in [1.54, 1.807) is 0 Å². The fraction of sp³-hybridized carbons (Fsp3) is 0.167. The Morgan fingerprint density at radius 2 is 1.36 bits per heavy atom. The predicted molar refractivity (Wildman–Crippen MR) is 110 cm³/mol. The minimum absolute atomic E-state index is 0.116. The molecule has 4 nitrogen and oxygen atoms in total. The molecule has 4 heteroatoms. The van der Waals surface area contributed by atoms with Gasteiger partial charge in [0.25, 0.3) is 5.91 Å². The smallest absolute Gasteiger partial charge is 0.307 e. The zero-order chi connectivity index (χ0) is 19.8. The minimum Gasteiger partial charge on any atom is -0.456 e. The molecule has 0 atom stereocenters. The lowest BCUT2D eigenvalue weighted by Crippen LogP contribution is -2.22. The Morgan fingerprint density at radius 3 is 1.89 bits per heavy atom. The lowest BCUT2D eigenvalue weighted by atomic mass is 9.89. The van der Waals surface area contributed by atoms with Gasteiger partial charge in [-0.05, 0) is 30.2 Å². The molecule has 142 valence electrons. The summed E-state index contributed by atoms with van der Waals surface area (Å²) in [6.45, 7) is 1.67. The van der Waals surface area contributed by atoms with Crippen molar-refractivity contribution >= 4 is 17.6 Å². The van der Waals surface area contributed by atoms with Crippen LogP contribution in [0, 0.1) is 6.92 Å². The van der Waals surface area contributed by atoms with Crippen molar-refractivity contribution < 1.29 is 14.3 Å². The topological polar surface area (TPSA) is 55.4 Å². The van der Waals surface area contributed by atoms with Crippen LogP contribution < -0.4 is 5.32 Å². The SMILES string of the molecule is Cc1ccc(NC(=O)COC(=O)CC(c2ccccc2)c2ccccc2)cc1. The Bertz CT molecular complexity index is 866. The van der Waals surface area contributed by atoms with Gasteiger partial charge >= 0.3 is 5.97 Å². The van der Waals surface area contributed by atoms with Gasteiger partial charge in [0.1, 0.15) is 0 Å². The molecule has 1 N–H and O–H groups in total. The standard InChI is InChI=1S/C24H23NO3/c1-18-12-14-21(15-13-18)25-23(26)17-28-24(27)16-22(19-8-4-2-5-9-19)20-10-6-3-7-11-20/h2-15,22H,16-17H2,1H3,(H,25,26). The van der Waals surface area contributed by atoms with E-state index in [4.69, 9.17) is 4.74 Å². The first-order valence-corrected chi connectivity index (χ1v) is 9.24. The van der Waals surface area contributed by atoms with Gasteiger partial charge < -0.3 is 10.1 Å². The van der Waals surface area contributed by atoms with E-state index in [1.165, 1.54) is 0 Å². The monoisotopic (exact) mass is 373 g/mol. The van der Waals surface area contributed by atoms with Crippen molar-refractivity contribution in [3.63, 3.8) is 0 Å². The van der Waals surface area contributed by atoms with Crippen LogP contribution in [-0.4, -0.2) is 18.5 Å². The van der Waals surface area contributed by atoms with Crippen LogP contribution in [0.4, 0.5) is 5.69 Å². The van der Waals surface area contributed by atoms with Crippen molar-refractivity contribution in [3.05, 3.63) is 102 Å². The number of benzene rings is 3. The van der Waals surface area contributed by atoms with Crippen LogP contribution in [0.3, 0.4) is 0 Å². The maximum Gasteiger partial charge on any atom is 0.307 e. The van der Waals surface area contributed by atoms with E-state index in [0.29, 0.717) is 5.69 Å². The third kappa shape index (κ3) is 5.55. The lowest BCUT2D eigenvalue weighted by Gasteiger charge is -2.17. The second kappa shape index (κ2) is 9.51. The number of anilines is 1. The van der Waals surface area contributed by atoms with E-state index >= 15 is 0 Å². The summed E-state index contributed by atoms with van der Waals surface area (Å²) in [6, 6.07) is 27.1. The molecule has 3 aromatic rings. The zero-order valence-corrected chi connectivity index (χ0v) is 15.8. The molecule has 0 aromatic heterocycles. The Hall–Kier alpha value is -3.40. The largest absolute Gasteiger partial charge is 0.456 e. The molecule has 0 aliphatic carbocycles. The highest BCUT2D eigenvalue weighted by Gasteiger charge is 2.19. The highest BCUT2D eigenvalue weighted by molar-refractivity contribution is 5.92. The van der Waals surface area contributed by atoms with Crippen molar-refractivity contribution in [2.24, 2.45) is 0 Å². The maximum absolute atomic E-state index is 12.4. The molecule has 1 amide bonds. The summed E-state index contributed by atoms with van der Waals surface area (Å²) in [6.07, 6.45) is 0.172. The second-order valence-corrected chi connectivity index (χ2v) is 6.65. The summed E-state index contributed by atoms with van der Waals surface area (Å²) >= 11 is 0. The molecule has 0 bridgehead atoms. The molecule has 0 saturated heterocycles. The van der Waals surface area contributed by atoms with Crippen LogP contribution in [0.5, 0.6) is 0 Å². The molecule has 0 heterocycles. The molecular weight excluding hydrogens is 350 g/mol. The number of nitrogens with one attached hydrogen (secondary N) is 1. The molecule has 3 rings (SSSR count). The summed E-state index contributed by atoms with van der Waals surface area (Å²) in [4.78, 5) is 24.4. The van der Waals surface area contributed by atoms with E-state index in [0.717, 1.165) is 16.7 Å². The summed E-state index contributed by atoms with van der Waals surface area (Å²) in [7, 11) is 0. The summed E-state index contributed by atoms with van der Waals surface area (Å²) in [5, 5.41) is 2.73. The van der Waals surface area contributed by atoms with Crippen LogP contribution in [0.2, 0.25) is 0 Å². The second-order valence-electron chi connectivity index (χ2n) is 6.65. The zero-order valence-electron chi connectivity index (χ0n) is 15.8. The first-order chi connectivity index (χ1) is 13.6.